The highest BCUT2D eigenvalue weighted by molar-refractivity contribution is 6.18. The lowest BCUT2D eigenvalue weighted by atomic mass is 10.1. The third-order valence-electron chi connectivity index (χ3n) is 4.75. The van der Waals surface area contributed by atoms with Crippen LogP contribution in [0, 0.1) is 6.92 Å². The molecule has 1 amide bonds. The SMILES string of the molecule is COc1ccc2c(N(NC(=O)O)c3ccc(N(CCCl)CCCl)cc3)cc(C)nc2c1. The number of pyridine rings is 1. The summed E-state index contributed by atoms with van der Waals surface area (Å²) in [5.41, 5.74) is 6.23. The minimum absolute atomic E-state index is 0.483. The van der Waals surface area contributed by atoms with E-state index in [2.05, 4.69) is 15.3 Å². The second-order valence-corrected chi connectivity index (χ2v) is 7.56. The number of nitrogens with one attached hydrogen (secondary N) is 1. The Morgan fingerprint density at radius 3 is 2.29 bits per heavy atom. The number of amides is 1. The molecule has 1 heterocycles. The lowest BCUT2D eigenvalue weighted by Crippen LogP contribution is -2.38. The molecule has 164 valence electrons. The molecule has 0 radical (unpaired) electrons. The van der Waals surface area contributed by atoms with E-state index < -0.39 is 6.09 Å². The number of aryl methyl sites for hydroxylation is 1. The number of alkyl halides is 2. The molecule has 0 saturated carbocycles. The van der Waals surface area contributed by atoms with Crippen LogP contribution >= 0.6 is 23.2 Å². The van der Waals surface area contributed by atoms with E-state index in [0.29, 0.717) is 47.5 Å². The van der Waals surface area contributed by atoms with Crippen molar-refractivity contribution in [1.29, 1.82) is 0 Å². The lowest BCUT2D eigenvalue weighted by molar-refractivity contribution is 0.194. The van der Waals surface area contributed by atoms with Gasteiger partial charge in [0.1, 0.15) is 5.75 Å². The zero-order valence-electron chi connectivity index (χ0n) is 17.3. The molecule has 1 aromatic heterocycles. The Labute approximate surface area is 191 Å². The van der Waals surface area contributed by atoms with Gasteiger partial charge in [-0.15, -0.1) is 23.2 Å². The van der Waals surface area contributed by atoms with Gasteiger partial charge >= 0.3 is 6.09 Å². The lowest BCUT2D eigenvalue weighted by Gasteiger charge is -2.27. The van der Waals surface area contributed by atoms with Crippen molar-refractivity contribution in [2.24, 2.45) is 0 Å². The Kier molecular flexibility index (Phi) is 7.65. The molecule has 2 aromatic carbocycles. The fraction of sp³-hybridized carbons (Fsp3) is 0.273. The Morgan fingerprint density at radius 2 is 1.71 bits per heavy atom. The van der Waals surface area contributed by atoms with Crippen LogP contribution in [0.1, 0.15) is 5.69 Å². The number of hydrogen-bond acceptors (Lipinski definition) is 5. The summed E-state index contributed by atoms with van der Waals surface area (Å²) >= 11 is 11.8. The number of rotatable bonds is 9. The van der Waals surface area contributed by atoms with Gasteiger partial charge in [-0.05, 0) is 49.4 Å². The van der Waals surface area contributed by atoms with Crippen LogP contribution in [-0.4, -0.2) is 48.1 Å². The first-order chi connectivity index (χ1) is 15.0. The summed E-state index contributed by atoms with van der Waals surface area (Å²) in [7, 11) is 1.59. The van der Waals surface area contributed by atoms with Crippen molar-refractivity contribution in [3.8, 4) is 5.75 Å². The number of carboxylic acid groups (broad SMARTS) is 1. The minimum atomic E-state index is -1.17. The number of anilines is 3. The predicted octanol–water partition coefficient (Wildman–Crippen LogP) is 5.16. The number of ether oxygens (including phenoxy) is 1. The average molecular weight is 463 g/mol. The van der Waals surface area contributed by atoms with Crippen molar-refractivity contribution in [3.05, 3.63) is 54.2 Å². The molecule has 0 aliphatic carbocycles. The Morgan fingerprint density at radius 1 is 1.06 bits per heavy atom. The van der Waals surface area contributed by atoms with E-state index in [-0.39, 0.29) is 0 Å². The first kappa shape index (κ1) is 22.8. The van der Waals surface area contributed by atoms with E-state index in [1.165, 1.54) is 5.01 Å². The number of aromatic nitrogens is 1. The maximum Gasteiger partial charge on any atom is 0.423 e. The molecule has 0 unspecified atom stereocenters. The van der Waals surface area contributed by atoms with Crippen LogP contribution in [0.15, 0.2) is 48.5 Å². The van der Waals surface area contributed by atoms with Crippen LogP contribution in [0.5, 0.6) is 5.75 Å². The number of hydrogen-bond donors (Lipinski definition) is 2. The summed E-state index contributed by atoms with van der Waals surface area (Å²) in [6.45, 7) is 3.20. The number of benzene rings is 2. The number of carbonyl (C=O) groups is 1. The van der Waals surface area contributed by atoms with Crippen molar-refractivity contribution >= 4 is 57.3 Å². The minimum Gasteiger partial charge on any atom is -0.497 e. The van der Waals surface area contributed by atoms with E-state index in [0.717, 1.165) is 16.8 Å². The molecule has 0 bridgehead atoms. The zero-order chi connectivity index (χ0) is 22.4. The van der Waals surface area contributed by atoms with E-state index in [1.807, 2.05) is 55.5 Å². The van der Waals surface area contributed by atoms with Gasteiger partial charge in [0.25, 0.3) is 0 Å². The monoisotopic (exact) mass is 462 g/mol. The fourth-order valence-corrected chi connectivity index (χ4v) is 3.78. The zero-order valence-corrected chi connectivity index (χ0v) is 18.8. The molecule has 3 rings (SSSR count). The van der Waals surface area contributed by atoms with Crippen molar-refractivity contribution in [2.75, 3.05) is 41.9 Å². The van der Waals surface area contributed by atoms with E-state index in [4.69, 9.17) is 27.9 Å². The van der Waals surface area contributed by atoms with Crippen LogP contribution in [0.2, 0.25) is 0 Å². The highest BCUT2D eigenvalue weighted by Gasteiger charge is 2.17. The Hall–Kier alpha value is -2.90. The molecule has 0 fully saturated rings. The molecule has 0 atom stereocenters. The standard InChI is InChI=1S/C22H24Cl2N4O3/c1-15-13-21(19-8-7-18(31-2)14-20(19)25-15)28(26-22(29)30)17-5-3-16(4-6-17)27(11-9-23)12-10-24/h3-8,13-14,26H,9-12H2,1-2H3,(H,29,30). The first-order valence-corrected chi connectivity index (χ1v) is 10.8. The third kappa shape index (κ3) is 5.42. The van der Waals surface area contributed by atoms with Crippen molar-refractivity contribution in [3.63, 3.8) is 0 Å². The normalized spacial score (nSPS) is 10.7. The number of halogens is 2. The van der Waals surface area contributed by atoms with Gasteiger partial charge in [-0.2, -0.15) is 0 Å². The van der Waals surface area contributed by atoms with Crippen LogP contribution < -0.4 is 20.1 Å². The quantitative estimate of drug-likeness (QED) is 0.337. The van der Waals surface area contributed by atoms with Gasteiger partial charge < -0.3 is 14.7 Å². The predicted molar refractivity (Wildman–Crippen MR) is 126 cm³/mol. The van der Waals surface area contributed by atoms with Gasteiger partial charge in [-0.25, -0.2) is 10.2 Å². The van der Waals surface area contributed by atoms with E-state index in [1.54, 1.807) is 7.11 Å². The van der Waals surface area contributed by atoms with Crippen molar-refractivity contribution in [1.82, 2.24) is 10.4 Å². The molecule has 0 aliphatic rings. The highest BCUT2D eigenvalue weighted by atomic mass is 35.5. The maximum absolute atomic E-state index is 11.6. The van der Waals surface area contributed by atoms with Gasteiger partial charge in [0.2, 0.25) is 0 Å². The van der Waals surface area contributed by atoms with Crippen LogP contribution in [0.3, 0.4) is 0 Å². The van der Waals surface area contributed by atoms with E-state index in [9.17, 15) is 9.90 Å². The molecule has 0 spiro atoms. The Balaban J connectivity index is 2.06. The third-order valence-corrected chi connectivity index (χ3v) is 5.09. The molecule has 0 aliphatic heterocycles. The molecule has 3 aromatic rings. The molecular weight excluding hydrogens is 439 g/mol. The molecular formula is C22H24Cl2N4O3. The second-order valence-electron chi connectivity index (χ2n) is 6.80. The van der Waals surface area contributed by atoms with Crippen LogP contribution in [0.4, 0.5) is 21.9 Å². The van der Waals surface area contributed by atoms with Gasteiger partial charge in [0.05, 0.1) is 24.0 Å². The summed E-state index contributed by atoms with van der Waals surface area (Å²) < 4.78 is 5.30. The highest BCUT2D eigenvalue weighted by Crippen LogP contribution is 2.33. The summed E-state index contributed by atoms with van der Waals surface area (Å²) in [4.78, 5) is 18.2. The molecule has 2 N–H and O–H groups in total. The van der Waals surface area contributed by atoms with Gasteiger partial charge in [-0.1, -0.05) is 0 Å². The van der Waals surface area contributed by atoms with Crippen molar-refractivity contribution in [2.45, 2.75) is 6.92 Å². The average Bonchev–Trinajstić information content (AvgIpc) is 2.76. The molecule has 31 heavy (non-hydrogen) atoms. The Bertz CT molecular complexity index is 1040. The van der Waals surface area contributed by atoms with Crippen LogP contribution in [0.25, 0.3) is 10.9 Å². The number of fused-ring (bicyclic) bond motifs is 1. The number of nitrogens with zero attached hydrogens (tertiary/aromatic N) is 3. The van der Waals surface area contributed by atoms with Gasteiger partial charge in [0, 0.05) is 47.7 Å². The summed E-state index contributed by atoms with van der Waals surface area (Å²) in [6, 6.07) is 14.9. The fourth-order valence-electron chi connectivity index (χ4n) is 3.38. The molecule has 9 heteroatoms. The van der Waals surface area contributed by atoms with Gasteiger partial charge in [-0.3, -0.25) is 9.99 Å². The maximum atomic E-state index is 11.6. The number of methoxy groups -OCH3 is 1. The summed E-state index contributed by atoms with van der Waals surface area (Å²) in [6.07, 6.45) is -1.17. The smallest absolute Gasteiger partial charge is 0.423 e. The first-order valence-electron chi connectivity index (χ1n) is 9.69. The topological polar surface area (TPSA) is 77.9 Å². The largest absolute Gasteiger partial charge is 0.497 e. The van der Waals surface area contributed by atoms with Gasteiger partial charge in [0.15, 0.2) is 0 Å². The molecule has 0 saturated heterocycles. The van der Waals surface area contributed by atoms with Crippen molar-refractivity contribution < 1.29 is 14.6 Å². The summed E-state index contributed by atoms with van der Waals surface area (Å²) in [5, 5.41) is 11.8. The summed E-state index contributed by atoms with van der Waals surface area (Å²) in [5.74, 6) is 1.64. The second kappa shape index (κ2) is 10.4. The number of hydrazine groups is 1. The van der Waals surface area contributed by atoms with Crippen LogP contribution in [-0.2, 0) is 0 Å². The van der Waals surface area contributed by atoms with E-state index >= 15 is 0 Å². The molecule has 7 nitrogen and oxygen atoms in total.